The van der Waals surface area contributed by atoms with Gasteiger partial charge in [-0.15, -0.1) is 0 Å². The number of benzene rings is 6. The van der Waals surface area contributed by atoms with Crippen LogP contribution in [0.2, 0.25) is 0 Å². The molecule has 15 rings (SSSR count). The maximum atomic E-state index is 11.9. The van der Waals surface area contributed by atoms with Gasteiger partial charge in [-0.25, -0.2) is 4.79 Å². The number of piperidine rings is 5. The zero-order chi connectivity index (χ0) is 72.4. The average Bonchev–Trinajstić information content (AvgIpc) is 1.41. The molecule has 15 nitrogen and oxygen atoms in total. The van der Waals surface area contributed by atoms with E-state index in [0.717, 1.165) is 165 Å². The summed E-state index contributed by atoms with van der Waals surface area (Å²) in [7, 11) is 6.97. The quantitative estimate of drug-likeness (QED) is 0.0863. The van der Waals surface area contributed by atoms with Crippen LogP contribution in [0.15, 0.2) is 133 Å². The van der Waals surface area contributed by atoms with Crippen molar-refractivity contribution in [3.05, 3.63) is 167 Å². The van der Waals surface area contributed by atoms with E-state index in [9.17, 15) is 14.9 Å². The van der Waals surface area contributed by atoms with Crippen molar-refractivity contribution >= 4 is 12.0 Å². The van der Waals surface area contributed by atoms with Crippen LogP contribution in [0, 0.1) is 46.3 Å². The Kier molecular flexibility index (Phi) is 26.9. The molecule has 9 aliphatic rings. The van der Waals surface area contributed by atoms with E-state index in [1.54, 1.807) is 34.5 Å². The van der Waals surface area contributed by atoms with Crippen LogP contribution in [0.4, 0.5) is 4.79 Å². The van der Waals surface area contributed by atoms with Crippen LogP contribution in [0.5, 0.6) is 23.0 Å². The lowest BCUT2D eigenvalue weighted by molar-refractivity contribution is 0.0830. The van der Waals surface area contributed by atoms with Gasteiger partial charge in [-0.3, -0.25) is 4.79 Å². The Morgan fingerprint density at radius 2 is 1.03 bits per heavy atom. The first-order chi connectivity index (χ1) is 50.9. The Labute approximate surface area is 621 Å². The summed E-state index contributed by atoms with van der Waals surface area (Å²) in [4.78, 5) is 36.3. The summed E-state index contributed by atoms with van der Waals surface area (Å²) >= 11 is 0. The molecule has 1 unspecified atom stereocenters. The van der Waals surface area contributed by atoms with Crippen molar-refractivity contribution in [1.29, 1.82) is 10.5 Å². The largest absolute Gasteiger partial charge is 0.496 e. The molecular weight excluding hydrogens is 1290 g/mol. The van der Waals surface area contributed by atoms with Gasteiger partial charge in [0.25, 0.3) is 0 Å². The number of hydrogen-bond acceptors (Lipinski definition) is 13. The van der Waals surface area contributed by atoms with Crippen LogP contribution >= 0.6 is 0 Å². The second-order valence-corrected chi connectivity index (χ2v) is 31.3. The molecule has 2 amide bonds. The predicted molar refractivity (Wildman–Crippen MR) is 415 cm³/mol. The topological polar surface area (TPSA) is 170 Å². The Bertz CT molecular complexity index is 3820. The lowest BCUT2D eigenvalue weighted by atomic mass is 9.73. The zero-order valence-electron chi connectivity index (χ0n) is 63.0. The first-order valence-corrected chi connectivity index (χ1v) is 39.7. The van der Waals surface area contributed by atoms with Gasteiger partial charge in [0, 0.05) is 62.5 Å². The van der Waals surface area contributed by atoms with Gasteiger partial charge in [-0.1, -0.05) is 105 Å². The molecule has 6 aromatic rings. The Morgan fingerprint density at radius 1 is 0.500 bits per heavy atom. The number of amides is 2. The average molecular weight is 1410 g/mol. The summed E-state index contributed by atoms with van der Waals surface area (Å²) < 4.78 is 27.6. The molecule has 3 atom stereocenters. The van der Waals surface area contributed by atoms with E-state index in [4.69, 9.17) is 34.7 Å². The molecule has 5 heterocycles. The van der Waals surface area contributed by atoms with Crippen LogP contribution in [0.25, 0.3) is 22.3 Å². The van der Waals surface area contributed by atoms with Crippen molar-refractivity contribution < 1.29 is 33.3 Å². The first-order valence-electron chi connectivity index (χ1n) is 39.7. The molecule has 9 fully saturated rings. The molecular formula is C89H116N8O7. The summed E-state index contributed by atoms with van der Waals surface area (Å²) in [6.45, 7) is 15.5. The standard InChI is InChI=1S/C28H35N3O3.C26H32N2O2.C19H26N2O.C16H23NO/c1-3-34-28(32)31-16-10-22(11-17-31)20-30-14-12-24(13-15-30)26-18-25(8-9-27(26)33-2)23-6-4-21(19-29)5-7-23;1-30-25-9-8-19(21-4-2-3-5-22(21)26(27)29)16-23(25)18-10-12-28(13-11-18)24-15-17-6-7-20(24)14-17;1-22-18-10-6-5-9-17(18)19(15-20)11-13-21(14-12-19)16-7-3-2-4-8-16;1-18-16-5-3-2-4-15(16)14-8-10-17(11-9-14)12-13-6-7-13/h4-9,18,22,24H,3,10-17,20H2,1-2H3;2-5,8-9,16-18,20,24H,6-7,10-15H2,1H3,(H2,27,29);5-6,9-10,16H,2-4,7-8,11-14H2,1H3;2-5,13-14H,6-12H2,1H3/t;17-,20?,24-;;/m.0../s1. The first kappa shape index (κ1) is 75.8. The lowest BCUT2D eigenvalue weighted by Crippen LogP contribution is -2.47. The zero-order valence-corrected chi connectivity index (χ0v) is 63.0. The fraction of sp³-hybridized carbons (Fsp3) is 0.551. The van der Waals surface area contributed by atoms with E-state index < -0.39 is 0 Å². The summed E-state index contributed by atoms with van der Waals surface area (Å²) in [6, 6.07) is 51.1. The fourth-order valence-corrected chi connectivity index (χ4v) is 18.9. The van der Waals surface area contributed by atoms with Crippen molar-refractivity contribution in [2.45, 2.75) is 177 Å². The normalized spacial score (nSPS) is 22.2. The lowest BCUT2D eigenvalue weighted by Gasteiger charge is -2.42. The number of methoxy groups -OCH3 is 4. The number of nitrogens with zero attached hydrogens (tertiary/aromatic N) is 7. The highest BCUT2D eigenvalue weighted by atomic mass is 16.6. The molecule has 5 saturated heterocycles. The van der Waals surface area contributed by atoms with E-state index in [2.05, 4.69) is 86.3 Å². The molecule has 2 N–H and O–H groups in total. The van der Waals surface area contributed by atoms with E-state index in [1.807, 2.05) is 84.6 Å². The predicted octanol–water partition coefficient (Wildman–Crippen LogP) is 17.3. The SMILES string of the molecule is CCOC(=O)N1CCC(CN2CCC(c3cc(-c4ccc(C#N)cc4)ccc3OC)CC2)CC1.COc1ccc(-c2ccccc2C(N)=O)cc1C1CCN([C@H]2C[C@H]3CCC2C3)CC1.COc1ccccc1C1(C#N)CCN(C2CCCCC2)CC1.COc1ccccc1C1CCN(CC2CC2)CC1. The number of primary amides is 1. The molecule has 4 aliphatic carbocycles. The molecule has 104 heavy (non-hydrogen) atoms. The minimum Gasteiger partial charge on any atom is -0.496 e. The number of ether oxygens (including phenoxy) is 5. The van der Waals surface area contributed by atoms with E-state index >= 15 is 0 Å². The number of para-hydroxylation sites is 2. The van der Waals surface area contributed by atoms with Gasteiger partial charge in [0.1, 0.15) is 23.0 Å². The molecule has 0 spiro atoms. The minimum atomic E-state index is -0.387. The van der Waals surface area contributed by atoms with Crippen molar-refractivity contribution in [2.24, 2.45) is 29.4 Å². The van der Waals surface area contributed by atoms with Gasteiger partial charge in [-0.05, 0) is 290 Å². The number of likely N-dealkylation sites (tertiary alicyclic amines) is 5. The third-order valence-electron chi connectivity index (χ3n) is 25.1. The van der Waals surface area contributed by atoms with Crippen LogP contribution < -0.4 is 24.7 Å². The van der Waals surface area contributed by atoms with Crippen molar-refractivity contribution in [1.82, 2.24) is 24.5 Å². The highest BCUT2D eigenvalue weighted by Crippen LogP contribution is 2.49. The second-order valence-electron chi connectivity index (χ2n) is 31.3. The number of nitrogens with two attached hydrogens (primary N) is 1. The molecule has 5 aliphatic heterocycles. The highest BCUT2D eigenvalue weighted by molar-refractivity contribution is 6.00. The maximum Gasteiger partial charge on any atom is 0.409 e. The number of nitriles is 2. The van der Waals surface area contributed by atoms with Crippen molar-refractivity contribution in [3.63, 3.8) is 0 Å². The summed E-state index contributed by atoms with van der Waals surface area (Å²) in [5.41, 5.74) is 15.7. The third kappa shape index (κ3) is 19.0. The Balaban J connectivity index is 0.000000134. The van der Waals surface area contributed by atoms with Gasteiger partial charge in [-0.2, -0.15) is 10.5 Å². The van der Waals surface area contributed by atoms with E-state index in [-0.39, 0.29) is 17.4 Å². The minimum absolute atomic E-state index is 0.168. The van der Waals surface area contributed by atoms with Gasteiger partial charge in [0.2, 0.25) is 5.91 Å². The molecule has 6 aromatic carbocycles. The molecule has 2 bridgehead atoms. The number of hydrogen-bond donors (Lipinski definition) is 1. The third-order valence-corrected chi connectivity index (χ3v) is 25.1. The Morgan fingerprint density at radius 3 is 1.59 bits per heavy atom. The number of carbonyl (C=O) groups excluding carboxylic acids is 2. The van der Waals surface area contributed by atoms with Crippen LogP contribution in [0.1, 0.15) is 198 Å². The molecule has 0 aromatic heterocycles. The van der Waals surface area contributed by atoms with Crippen LogP contribution in [0.3, 0.4) is 0 Å². The Hall–Kier alpha value is -7.92. The highest BCUT2D eigenvalue weighted by Gasteiger charge is 2.44. The number of carbonyl (C=O) groups is 2. The van der Waals surface area contributed by atoms with E-state index in [0.29, 0.717) is 41.4 Å². The van der Waals surface area contributed by atoms with Gasteiger partial charge < -0.3 is 53.9 Å². The second kappa shape index (κ2) is 36.9. The fourth-order valence-electron chi connectivity index (χ4n) is 18.9. The number of fused-ring (bicyclic) bond motifs is 2. The summed E-state index contributed by atoms with van der Waals surface area (Å²) in [5.74, 6) is 8.74. The van der Waals surface area contributed by atoms with E-state index in [1.165, 1.54) is 146 Å². The van der Waals surface area contributed by atoms with Gasteiger partial charge in [0.15, 0.2) is 0 Å². The molecule has 554 valence electrons. The van der Waals surface area contributed by atoms with Crippen LogP contribution in [-0.2, 0) is 10.2 Å². The smallest absolute Gasteiger partial charge is 0.409 e. The molecule has 15 heteroatoms. The summed E-state index contributed by atoms with van der Waals surface area (Å²) in [5, 5.41) is 19.0. The van der Waals surface area contributed by atoms with Crippen molar-refractivity contribution in [2.75, 3.05) is 114 Å². The van der Waals surface area contributed by atoms with Gasteiger partial charge >= 0.3 is 6.09 Å². The van der Waals surface area contributed by atoms with Crippen LogP contribution in [-0.4, -0.2) is 162 Å². The number of rotatable bonds is 18. The summed E-state index contributed by atoms with van der Waals surface area (Å²) in [6.07, 6.45) is 26.5. The monoisotopic (exact) mass is 1410 g/mol. The molecule has 0 radical (unpaired) electrons. The maximum absolute atomic E-state index is 11.9. The van der Waals surface area contributed by atoms with Gasteiger partial charge in [0.05, 0.1) is 58.2 Å². The van der Waals surface area contributed by atoms with Crippen molar-refractivity contribution in [3.8, 4) is 57.4 Å². The molecule has 4 saturated carbocycles.